The van der Waals surface area contributed by atoms with Crippen molar-refractivity contribution in [3.05, 3.63) is 69.1 Å². The summed E-state index contributed by atoms with van der Waals surface area (Å²) in [5.74, 6) is 0.773. The molecule has 11 heteroatoms. The van der Waals surface area contributed by atoms with E-state index in [0.717, 1.165) is 11.3 Å². The first kappa shape index (κ1) is 23.1. The molecular formula is C22H22BrClN6O3. The molecule has 1 unspecified atom stereocenters. The number of esters is 1. The maximum atomic E-state index is 12.8. The zero-order valence-corrected chi connectivity index (χ0v) is 20.8. The minimum Gasteiger partial charge on any atom is -0.493 e. The molecular weight excluding hydrogens is 512 g/mol. The standard InChI is InChI=1S/C22H22BrClN6O3/c1-5-33-21(31)18-19(29(3)22(23)26-18)17(13-6-8-14(24)9-7-13)25-15-10-16(32-4)20-28-27-12(2)30(20)11-15/h6-11,17,25H,5H2,1-4H3. The van der Waals surface area contributed by atoms with Crippen molar-refractivity contribution in [1.82, 2.24) is 24.1 Å². The number of carbonyl (C=O) groups is 1. The molecule has 4 rings (SSSR count). The lowest BCUT2D eigenvalue weighted by Crippen LogP contribution is -2.20. The summed E-state index contributed by atoms with van der Waals surface area (Å²) in [6.07, 6.45) is 1.88. The number of ether oxygens (including phenoxy) is 2. The van der Waals surface area contributed by atoms with E-state index < -0.39 is 12.0 Å². The van der Waals surface area contributed by atoms with Crippen LogP contribution >= 0.6 is 27.5 Å². The zero-order chi connectivity index (χ0) is 23.7. The quantitative estimate of drug-likeness (QED) is 0.348. The van der Waals surface area contributed by atoms with Gasteiger partial charge in [-0.25, -0.2) is 9.78 Å². The summed E-state index contributed by atoms with van der Waals surface area (Å²) >= 11 is 9.58. The fourth-order valence-corrected chi connectivity index (χ4v) is 4.09. The Labute approximate surface area is 203 Å². The number of nitrogens with zero attached hydrogens (tertiary/aromatic N) is 5. The van der Waals surface area contributed by atoms with Crippen LogP contribution in [0.1, 0.15) is 40.5 Å². The molecule has 1 aromatic carbocycles. The van der Waals surface area contributed by atoms with Gasteiger partial charge in [0.05, 0.1) is 31.1 Å². The first-order valence-corrected chi connectivity index (χ1v) is 11.3. The summed E-state index contributed by atoms with van der Waals surface area (Å²) in [5, 5.41) is 12.4. The summed E-state index contributed by atoms with van der Waals surface area (Å²) in [6, 6.07) is 8.76. The average Bonchev–Trinajstić information content (AvgIpc) is 3.32. The lowest BCUT2D eigenvalue weighted by Gasteiger charge is -2.23. The van der Waals surface area contributed by atoms with Crippen molar-refractivity contribution >= 4 is 44.8 Å². The van der Waals surface area contributed by atoms with E-state index in [1.54, 1.807) is 30.7 Å². The molecule has 0 aliphatic carbocycles. The molecule has 0 saturated carbocycles. The second kappa shape index (κ2) is 9.40. The SMILES string of the molecule is CCOC(=O)c1nc(Br)n(C)c1C(Nc1cc(OC)c2nnc(C)n2c1)c1ccc(Cl)cc1. The normalized spacial score (nSPS) is 12.1. The van der Waals surface area contributed by atoms with Gasteiger partial charge in [0.25, 0.3) is 0 Å². The largest absolute Gasteiger partial charge is 0.493 e. The first-order chi connectivity index (χ1) is 15.8. The van der Waals surface area contributed by atoms with Crippen molar-refractivity contribution in [1.29, 1.82) is 0 Å². The fourth-order valence-electron chi connectivity index (χ4n) is 3.60. The van der Waals surface area contributed by atoms with Gasteiger partial charge in [0.2, 0.25) is 5.65 Å². The van der Waals surface area contributed by atoms with Crippen LogP contribution in [0.4, 0.5) is 5.69 Å². The number of hydrogen-bond acceptors (Lipinski definition) is 7. The van der Waals surface area contributed by atoms with Crippen molar-refractivity contribution in [2.24, 2.45) is 7.05 Å². The van der Waals surface area contributed by atoms with Crippen LogP contribution in [0.15, 0.2) is 41.3 Å². The van der Waals surface area contributed by atoms with Crippen LogP contribution in [0.5, 0.6) is 5.75 Å². The molecule has 33 heavy (non-hydrogen) atoms. The number of pyridine rings is 1. The Kier molecular flexibility index (Phi) is 6.57. The highest BCUT2D eigenvalue weighted by molar-refractivity contribution is 9.10. The Hall–Kier alpha value is -3.11. The van der Waals surface area contributed by atoms with E-state index in [4.69, 9.17) is 21.1 Å². The van der Waals surface area contributed by atoms with Gasteiger partial charge in [-0.15, -0.1) is 10.2 Å². The van der Waals surface area contributed by atoms with Crippen LogP contribution in [0.3, 0.4) is 0 Å². The number of rotatable bonds is 7. The number of fused-ring (bicyclic) bond motifs is 1. The smallest absolute Gasteiger partial charge is 0.358 e. The predicted octanol–water partition coefficient (Wildman–Crippen LogP) is 4.57. The molecule has 0 saturated heterocycles. The Bertz CT molecular complexity index is 1320. The molecule has 4 aromatic rings. The molecule has 172 valence electrons. The van der Waals surface area contributed by atoms with Gasteiger partial charge in [-0.05, 0) is 47.5 Å². The van der Waals surface area contributed by atoms with E-state index in [9.17, 15) is 4.79 Å². The highest BCUT2D eigenvalue weighted by Crippen LogP contribution is 2.33. The number of carbonyl (C=O) groups excluding carboxylic acids is 1. The lowest BCUT2D eigenvalue weighted by atomic mass is 10.0. The highest BCUT2D eigenvalue weighted by atomic mass is 79.9. The molecule has 0 amide bonds. The Morgan fingerprint density at radius 2 is 2.00 bits per heavy atom. The molecule has 9 nitrogen and oxygen atoms in total. The molecule has 0 spiro atoms. The number of aryl methyl sites for hydroxylation is 1. The number of hydrogen-bond donors (Lipinski definition) is 1. The molecule has 0 aliphatic heterocycles. The number of methoxy groups -OCH3 is 1. The van der Waals surface area contributed by atoms with E-state index in [2.05, 4.69) is 36.4 Å². The van der Waals surface area contributed by atoms with Crippen molar-refractivity contribution in [3.63, 3.8) is 0 Å². The lowest BCUT2D eigenvalue weighted by molar-refractivity contribution is 0.0518. The third-order valence-corrected chi connectivity index (χ3v) is 6.16. The Morgan fingerprint density at radius 3 is 2.67 bits per heavy atom. The number of nitrogens with one attached hydrogen (secondary N) is 1. The predicted molar refractivity (Wildman–Crippen MR) is 128 cm³/mol. The third kappa shape index (κ3) is 4.40. The summed E-state index contributed by atoms with van der Waals surface area (Å²) < 4.78 is 14.9. The van der Waals surface area contributed by atoms with E-state index in [1.807, 2.05) is 42.8 Å². The van der Waals surface area contributed by atoms with Crippen LogP contribution < -0.4 is 10.1 Å². The van der Waals surface area contributed by atoms with Crippen LogP contribution in [0.2, 0.25) is 5.02 Å². The highest BCUT2D eigenvalue weighted by Gasteiger charge is 2.29. The van der Waals surface area contributed by atoms with Gasteiger partial charge >= 0.3 is 5.97 Å². The Balaban J connectivity index is 1.88. The maximum Gasteiger partial charge on any atom is 0.358 e. The maximum absolute atomic E-state index is 12.8. The van der Waals surface area contributed by atoms with Gasteiger partial charge in [-0.2, -0.15) is 0 Å². The minimum atomic E-state index is -0.503. The number of benzene rings is 1. The van der Waals surface area contributed by atoms with Crippen LogP contribution in [0.25, 0.3) is 5.65 Å². The number of anilines is 1. The molecule has 1 N–H and O–H groups in total. The summed E-state index contributed by atoms with van der Waals surface area (Å²) in [5.41, 5.74) is 3.06. The Morgan fingerprint density at radius 1 is 1.27 bits per heavy atom. The van der Waals surface area contributed by atoms with Crippen LogP contribution in [0, 0.1) is 6.92 Å². The van der Waals surface area contributed by atoms with Crippen molar-refractivity contribution < 1.29 is 14.3 Å². The van der Waals surface area contributed by atoms with Crippen molar-refractivity contribution in [3.8, 4) is 5.75 Å². The topological polar surface area (TPSA) is 95.6 Å². The zero-order valence-electron chi connectivity index (χ0n) is 18.5. The number of imidazole rings is 1. The third-order valence-electron chi connectivity index (χ3n) is 5.20. The monoisotopic (exact) mass is 532 g/mol. The van der Waals surface area contributed by atoms with Crippen molar-refractivity contribution in [2.75, 3.05) is 19.0 Å². The average molecular weight is 534 g/mol. The van der Waals surface area contributed by atoms with E-state index in [-0.39, 0.29) is 12.3 Å². The minimum absolute atomic E-state index is 0.215. The van der Waals surface area contributed by atoms with Gasteiger partial charge < -0.3 is 19.4 Å². The molecule has 0 radical (unpaired) electrons. The summed E-state index contributed by atoms with van der Waals surface area (Å²) in [7, 11) is 3.41. The molecule has 1 atom stereocenters. The fraction of sp³-hybridized carbons (Fsp3) is 0.273. The number of aromatic nitrogens is 5. The number of halogens is 2. The summed E-state index contributed by atoms with van der Waals surface area (Å²) in [6.45, 7) is 3.86. The second-order valence-corrected chi connectivity index (χ2v) is 8.41. The first-order valence-electron chi connectivity index (χ1n) is 10.1. The van der Waals surface area contributed by atoms with Gasteiger partial charge in [0, 0.05) is 24.3 Å². The molecule has 3 aromatic heterocycles. The molecule has 0 fully saturated rings. The molecule has 0 aliphatic rings. The van der Waals surface area contributed by atoms with E-state index in [0.29, 0.717) is 32.7 Å². The van der Waals surface area contributed by atoms with Gasteiger partial charge in [0.1, 0.15) is 5.82 Å². The van der Waals surface area contributed by atoms with Gasteiger partial charge in [-0.1, -0.05) is 23.7 Å². The molecule has 3 heterocycles. The second-order valence-electron chi connectivity index (χ2n) is 7.26. The van der Waals surface area contributed by atoms with E-state index in [1.165, 1.54) is 0 Å². The summed E-state index contributed by atoms with van der Waals surface area (Å²) in [4.78, 5) is 17.2. The van der Waals surface area contributed by atoms with Gasteiger partial charge in [-0.3, -0.25) is 4.40 Å². The van der Waals surface area contributed by atoms with E-state index >= 15 is 0 Å². The van der Waals surface area contributed by atoms with Crippen molar-refractivity contribution in [2.45, 2.75) is 19.9 Å². The van der Waals surface area contributed by atoms with Gasteiger partial charge in [0.15, 0.2) is 16.2 Å². The van der Waals surface area contributed by atoms with Crippen LogP contribution in [-0.4, -0.2) is 43.8 Å². The molecule has 0 bridgehead atoms. The van der Waals surface area contributed by atoms with Crippen LogP contribution in [-0.2, 0) is 11.8 Å².